The fourth-order valence-electron chi connectivity index (χ4n) is 4.85. The molecule has 0 saturated heterocycles. The zero-order valence-electron chi connectivity index (χ0n) is 29.7. The van der Waals surface area contributed by atoms with Crippen molar-refractivity contribution in [3.05, 3.63) is 48.6 Å². The number of carbonyl (C=O) groups excluding carboxylic acids is 2. The molecule has 0 saturated carbocycles. The summed E-state index contributed by atoms with van der Waals surface area (Å²) < 4.78 is 26.2. The van der Waals surface area contributed by atoms with E-state index in [4.69, 9.17) is 19.3 Å². The summed E-state index contributed by atoms with van der Waals surface area (Å²) in [5.41, 5.74) is 0. The van der Waals surface area contributed by atoms with Gasteiger partial charge in [0.05, 0.1) is 6.61 Å². The molecule has 0 aliphatic rings. The molecule has 0 bridgehead atoms. The number of hydrogen-bond acceptors (Lipinski definition) is 6. The molecule has 0 aliphatic heterocycles. The maximum absolute atomic E-state index is 12.3. The lowest BCUT2D eigenvalue weighted by molar-refractivity contribution is -0.161. The van der Waals surface area contributed by atoms with Gasteiger partial charge < -0.3 is 19.3 Å². The first-order valence-electron chi connectivity index (χ1n) is 18.4. The Balaban J connectivity index is 4.03. The summed E-state index contributed by atoms with van der Waals surface area (Å²) >= 11 is 0. The van der Waals surface area contributed by atoms with E-state index in [2.05, 4.69) is 67.0 Å². The fraction of sp³-hybridized carbons (Fsp3) is 0.737. The largest absolute Gasteiger partial charge is 0.469 e. The van der Waals surface area contributed by atoms with E-state index in [0.29, 0.717) is 12.8 Å². The number of hydrogen-bond donors (Lipinski definition) is 2. The fourth-order valence-corrected chi connectivity index (χ4v) is 5.21. The van der Waals surface area contributed by atoms with Crippen LogP contribution >= 0.6 is 7.82 Å². The number of allylic oxidation sites excluding steroid dienone is 8. The average Bonchev–Trinajstić information content (AvgIpc) is 3.03. The van der Waals surface area contributed by atoms with Crippen LogP contribution in [0.5, 0.6) is 0 Å². The van der Waals surface area contributed by atoms with E-state index < -0.39 is 32.5 Å². The zero-order valence-corrected chi connectivity index (χ0v) is 30.6. The van der Waals surface area contributed by atoms with Crippen LogP contribution in [0.3, 0.4) is 0 Å². The van der Waals surface area contributed by atoms with E-state index >= 15 is 0 Å². The van der Waals surface area contributed by atoms with Gasteiger partial charge in [-0.2, -0.15) is 0 Å². The molecule has 0 rings (SSSR count). The first-order valence-corrected chi connectivity index (χ1v) is 20.0. The maximum atomic E-state index is 12.3. The first kappa shape index (κ1) is 45.0. The van der Waals surface area contributed by atoms with Gasteiger partial charge in [0, 0.05) is 12.8 Å². The normalized spacial score (nSPS) is 13.0. The van der Waals surface area contributed by atoms with Gasteiger partial charge in [0.1, 0.15) is 6.61 Å². The monoisotopic (exact) mass is 682 g/mol. The SMILES string of the molecule is CC/C=C\C/C=C\C/C=C\CCCCCC(=O)OC(COC(=O)CCCCCCC/C=C\CCCCCCCCC)COP(=O)(O)O. The second-order valence-corrected chi connectivity index (χ2v) is 13.4. The van der Waals surface area contributed by atoms with Crippen molar-refractivity contribution in [2.24, 2.45) is 0 Å². The molecular weight excluding hydrogens is 615 g/mol. The first-order chi connectivity index (χ1) is 22.8. The van der Waals surface area contributed by atoms with Crippen molar-refractivity contribution in [3.8, 4) is 0 Å². The highest BCUT2D eigenvalue weighted by Gasteiger charge is 2.22. The van der Waals surface area contributed by atoms with Crippen LogP contribution in [0.4, 0.5) is 0 Å². The summed E-state index contributed by atoms with van der Waals surface area (Å²) in [5.74, 6) is -0.932. The van der Waals surface area contributed by atoms with Crippen LogP contribution in [0.15, 0.2) is 48.6 Å². The summed E-state index contributed by atoms with van der Waals surface area (Å²) in [4.78, 5) is 42.6. The lowest BCUT2D eigenvalue weighted by atomic mass is 10.1. The molecule has 9 heteroatoms. The van der Waals surface area contributed by atoms with E-state index in [1.165, 1.54) is 51.4 Å². The van der Waals surface area contributed by atoms with Gasteiger partial charge in [-0.05, 0) is 70.6 Å². The lowest BCUT2D eigenvalue weighted by Gasteiger charge is -2.18. The number of phosphoric ester groups is 1. The Hall–Kier alpha value is -1.99. The van der Waals surface area contributed by atoms with Gasteiger partial charge >= 0.3 is 19.8 Å². The number of unbranched alkanes of at least 4 members (excludes halogenated alkanes) is 15. The van der Waals surface area contributed by atoms with Crippen molar-refractivity contribution in [2.45, 2.75) is 168 Å². The molecule has 0 amide bonds. The lowest BCUT2D eigenvalue weighted by Crippen LogP contribution is -2.29. The Labute approximate surface area is 286 Å². The van der Waals surface area contributed by atoms with Crippen molar-refractivity contribution in [1.82, 2.24) is 0 Å². The quantitative estimate of drug-likeness (QED) is 0.0304. The molecule has 0 fully saturated rings. The van der Waals surface area contributed by atoms with Crippen LogP contribution in [0.1, 0.15) is 162 Å². The summed E-state index contributed by atoms with van der Waals surface area (Å²) in [6, 6.07) is 0. The Morgan fingerprint density at radius 3 is 1.57 bits per heavy atom. The Bertz CT molecular complexity index is 905. The topological polar surface area (TPSA) is 119 Å². The minimum atomic E-state index is -4.76. The van der Waals surface area contributed by atoms with Gasteiger partial charge in [-0.15, -0.1) is 0 Å². The summed E-state index contributed by atoms with van der Waals surface area (Å²) in [6.07, 6.45) is 39.8. The molecule has 1 unspecified atom stereocenters. The van der Waals surface area contributed by atoms with Crippen molar-refractivity contribution in [3.63, 3.8) is 0 Å². The predicted octanol–water partition coefficient (Wildman–Crippen LogP) is 10.8. The molecule has 0 aromatic heterocycles. The summed E-state index contributed by atoms with van der Waals surface area (Å²) in [7, 11) is -4.76. The number of rotatable bonds is 33. The molecule has 2 N–H and O–H groups in total. The third kappa shape index (κ3) is 36.7. The second-order valence-electron chi connectivity index (χ2n) is 12.2. The van der Waals surface area contributed by atoms with Crippen LogP contribution in [0.2, 0.25) is 0 Å². The van der Waals surface area contributed by atoms with Gasteiger partial charge in [0.15, 0.2) is 6.10 Å². The van der Waals surface area contributed by atoms with Crippen molar-refractivity contribution in [2.75, 3.05) is 13.2 Å². The van der Waals surface area contributed by atoms with Gasteiger partial charge in [-0.1, -0.05) is 127 Å². The third-order valence-electron chi connectivity index (χ3n) is 7.58. The Morgan fingerprint density at radius 2 is 1.02 bits per heavy atom. The number of phosphoric acid groups is 1. The van der Waals surface area contributed by atoms with Crippen LogP contribution in [0.25, 0.3) is 0 Å². The molecule has 272 valence electrons. The van der Waals surface area contributed by atoms with Gasteiger partial charge in [-0.3, -0.25) is 14.1 Å². The average molecular weight is 683 g/mol. The molecule has 0 aromatic rings. The summed E-state index contributed by atoms with van der Waals surface area (Å²) in [5, 5.41) is 0. The number of esters is 2. The predicted molar refractivity (Wildman–Crippen MR) is 193 cm³/mol. The molecule has 0 radical (unpaired) electrons. The van der Waals surface area contributed by atoms with Crippen molar-refractivity contribution in [1.29, 1.82) is 0 Å². The third-order valence-corrected chi connectivity index (χ3v) is 8.07. The molecule has 0 aliphatic carbocycles. The van der Waals surface area contributed by atoms with Crippen molar-refractivity contribution < 1.29 is 37.9 Å². The van der Waals surface area contributed by atoms with Crippen molar-refractivity contribution >= 4 is 19.8 Å². The smallest absolute Gasteiger partial charge is 0.462 e. The van der Waals surface area contributed by atoms with Crippen LogP contribution in [0, 0.1) is 0 Å². The van der Waals surface area contributed by atoms with Gasteiger partial charge in [0.25, 0.3) is 0 Å². The van der Waals surface area contributed by atoms with Crippen LogP contribution in [-0.4, -0.2) is 41.0 Å². The molecule has 0 spiro atoms. The summed E-state index contributed by atoms with van der Waals surface area (Å²) in [6.45, 7) is 3.52. The molecular formula is C38H67O8P. The van der Waals surface area contributed by atoms with Gasteiger partial charge in [0.2, 0.25) is 0 Å². The molecule has 0 aromatic carbocycles. The second kappa shape index (κ2) is 33.9. The highest BCUT2D eigenvalue weighted by molar-refractivity contribution is 7.46. The number of carbonyl (C=O) groups is 2. The highest BCUT2D eigenvalue weighted by atomic mass is 31.2. The van der Waals surface area contributed by atoms with E-state index in [9.17, 15) is 14.2 Å². The van der Waals surface area contributed by atoms with Gasteiger partial charge in [-0.25, -0.2) is 4.57 Å². The van der Waals surface area contributed by atoms with E-state index in [-0.39, 0.29) is 19.4 Å². The van der Waals surface area contributed by atoms with E-state index in [1.54, 1.807) is 0 Å². The van der Waals surface area contributed by atoms with Crippen LogP contribution in [-0.2, 0) is 28.2 Å². The molecule has 8 nitrogen and oxygen atoms in total. The minimum Gasteiger partial charge on any atom is -0.462 e. The molecule has 0 heterocycles. The Morgan fingerprint density at radius 1 is 0.574 bits per heavy atom. The Kier molecular flexibility index (Phi) is 32.5. The zero-order chi connectivity index (χ0) is 34.7. The van der Waals surface area contributed by atoms with E-state index in [0.717, 1.165) is 70.6 Å². The maximum Gasteiger partial charge on any atom is 0.469 e. The minimum absolute atomic E-state index is 0.174. The standard InChI is InChI=1S/C38H67O8P/c1-3-5-7-9-11-13-15-17-18-19-21-22-24-26-28-30-32-37(39)44-34-36(35-45-47(41,42)43)46-38(40)33-31-29-27-25-23-20-16-14-12-10-8-6-4-2/h6,8,12,14,18-20,23,36H,3-5,7,9-11,13,15-17,21-22,24-35H2,1-2H3,(H2,41,42,43)/b8-6-,14-12-,19-18-,23-20-. The van der Waals surface area contributed by atoms with Crippen LogP contribution < -0.4 is 0 Å². The highest BCUT2D eigenvalue weighted by Crippen LogP contribution is 2.36. The number of ether oxygens (including phenoxy) is 2. The molecule has 1 atom stereocenters. The molecule has 47 heavy (non-hydrogen) atoms. The van der Waals surface area contributed by atoms with E-state index in [1.807, 2.05) is 0 Å².